The molecule has 1 saturated heterocycles. The summed E-state index contributed by atoms with van der Waals surface area (Å²) in [7, 11) is 0. The van der Waals surface area contributed by atoms with E-state index in [-0.39, 0.29) is 5.82 Å². The number of nitrogens with one attached hydrogen (secondary N) is 1. The summed E-state index contributed by atoms with van der Waals surface area (Å²) in [6, 6.07) is 4.11. The molecule has 0 spiro atoms. The van der Waals surface area contributed by atoms with Gasteiger partial charge in [-0.1, -0.05) is 17.7 Å². The van der Waals surface area contributed by atoms with Crippen LogP contribution in [0.1, 0.15) is 17.2 Å². The number of hydrogen-bond donors (Lipinski definition) is 2. The first-order valence-electron chi connectivity index (χ1n) is 6.09. The highest BCUT2D eigenvalue weighted by molar-refractivity contribution is 5.81. The maximum atomic E-state index is 13.9. The Kier molecular flexibility index (Phi) is 3.93. The van der Waals surface area contributed by atoms with Crippen molar-refractivity contribution in [3.05, 3.63) is 35.1 Å². The van der Waals surface area contributed by atoms with E-state index in [1.54, 1.807) is 12.1 Å². The van der Waals surface area contributed by atoms with Crippen molar-refractivity contribution in [2.24, 2.45) is 5.73 Å². The van der Waals surface area contributed by atoms with Gasteiger partial charge in [-0.25, -0.2) is 4.39 Å². The van der Waals surface area contributed by atoms with E-state index < -0.39 is 11.9 Å². The number of benzene rings is 1. The predicted octanol–water partition coefficient (Wildman–Crippen LogP) is 0.566. The molecule has 0 radical (unpaired) electrons. The quantitative estimate of drug-likeness (QED) is 0.825. The van der Waals surface area contributed by atoms with Crippen LogP contribution in [-0.4, -0.2) is 37.0 Å². The van der Waals surface area contributed by atoms with Crippen LogP contribution in [0.5, 0.6) is 0 Å². The summed E-state index contributed by atoms with van der Waals surface area (Å²) in [5, 5.41) is 3.20. The second-order valence-electron chi connectivity index (χ2n) is 4.62. The molecule has 1 fully saturated rings. The lowest BCUT2D eigenvalue weighted by molar-refractivity contribution is -0.123. The Morgan fingerprint density at radius 1 is 1.44 bits per heavy atom. The molecule has 0 saturated carbocycles. The van der Waals surface area contributed by atoms with Gasteiger partial charge in [-0.15, -0.1) is 0 Å². The molecule has 2 rings (SSSR count). The SMILES string of the molecule is Cc1ccc(F)c(C(C(N)=O)N2CCNCC2)c1. The molecule has 1 aromatic rings. The van der Waals surface area contributed by atoms with Crippen LogP contribution in [0.4, 0.5) is 4.39 Å². The number of piperazine rings is 1. The lowest BCUT2D eigenvalue weighted by atomic mass is 10.0. The summed E-state index contributed by atoms with van der Waals surface area (Å²) < 4.78 is 13.9. The number of primary amides is 1. The Labute approximate surface area is 106 Å². The number of hydrogen-bond acceptors (Lipinski definition) is 3. The van der Waals surface area contributed by atoms with Crippen molar-refractivity contribution in [2.45, 2.75) is 13.0 Å². The molecule has 1 unspecified atom stereocenters. The summed E-state index contributed by atoms with van der Waals surface area (Å²) >= 11 is 0. The molecule has 18 heavy (non-hydrogen) atoms. The van der Waals surface area contributed by atoms with Gasteiger partial charge in [-0.05, 0) is 13.0 Å². The van der Waals surface area contributed by atoms with Gasteiger partial charge in [-0.3, -0.25) is 9.69 Å². The average molecular weight is 251 g/mol. The van der Waals surface area contributed by atoms with Crippen LogP contribution in [-0.2, 0) is 4.79 Å². The Morgan fingerprint density at radius 3 is 2.72 bits per heavy atom. The van der Waals surface area contributed by atoms with Crippen LogP contribution in [0.15, 0.2) is 18.2 Å². The number of carbonyl (C=O) groups is 1. The van der Waals surface area contributed by atoms with Crippen LogP contribution in [0, 0.1) is 12.7 Å². The van der Waals surface area contributed by atoms with Crippen LogP contribution in [0.2, 0.25) is 0 Å². The van der Waals surface area contributed by atoms with Gasteiger partial charge in [0, 0.05) is 31.7 Å². The normalized spacial score (nSPS) is 18.6. The van der Waals surface area contributed by atoms with Crippen molar-refractivity contribution >= 4 is 5.91 Å². The highest BCUT2D eigenvalue weighted by Gasteiger charge is 2.29. The van der Waals surface area contributed by atoms with Crippen molar-refractivity contribution in [2.75, 3.05) is 26.2 Å². The minimum Gasteiger partial charge on any atom is -0.368 e. The van der Waals surface area contributed by atoms with E-state index in [4.69, 9.17) is 5.73 Å². The minimum atomic E-state index is -0.674. The predicted molar refractivity (Wildman–Crippen MR) is 67.5 cm³/mol. The standard InChI is InChI=1S/C13H18FN3O/c1-9-2-3-11(14)10(8-9)12(13(15)18)17-6-4-16-5-7-17/h2-3,8,12,16H,4-7H2,1H3,(H2,15,18). The molecule has 5 heteroatoms. The fraction of sp³-hybridized carbons (Fsp3) is 0.462. The number of nitrogens with zero attached hydrogens (tertiary/aromatic N) is 1. The second kappa shape index (κ2) is 5.46. The lowest BCUT2D eigenvalue weighted by Crippen LogP contribution is -2.48. The van der Waals surface area contributed by atoms with Crippen molar-refractivity contribution in [3.63, 3.8) is 0 Å². The highest BCUT2D eigenvalue weighted by Crippen LogP contribution is 2.24. The van der Waals surface area contributed by atoms with Gasteiger partial charge in [0.25, 0.3) is 0 Å². The number of aryl methyl sites for hydroxylation is 1. The van der Waals surface area contributed by atoms with Crippen LogP contribution < -0.4 is 11.1 Å². The third-order valence-corrected chi connectivity index (χ3v) is 3.23. The van der Waals surface area contributed by atoms with Gasteiger partial charge in [0.15, 0.2) is 0 Å². The number of nitrogens with two attached hydrogens (primary N) is 1. The van der Waals surface area contributed by atoms with Gasteiger partial charge in [0.2, 0.25) is 5.91 Å². The number of rotatable bonds is 3. The Balaban J connectivity index is 2.34. The van der Waals surface area contributed by atoms with E-state index in [0.29, 0.717) is 18.7 Å². The maximum Gasteiger partial charge on any atom is 0.239 e. The fourth-order valence-electron chi connectivity index (χ4n) is 2.34. The molecule has 0 aromatic heterocycles. The van der Waals surface area contributed by atoms with Gasteiger partial charge in [0.05, 0.1) is 0 Å². The van der Waals surface area contributed by atoms with E-state index in [1.807, 2.05) is 11.8 Å². The first-order chi connectivity index (χ1) is 8.59. The third kappa shape index (κ3) is 2.68. The summed E-state index contributed by atoms with van der Waals surface area (Å²) in [6.07, 6.45) is 0. The monoisotopic (exact) mass is 251 g/mol. The number of amides is 1. The Morgan fingerprint density at radius 2 is 2.11 bits per heavy atom. The molecular weight excluding hydrogens is 233 g/mol. The number of carbonyl (C=O) groups excluding carboxylic acids is 1. The van der Waals surface area contributed by atoms with Crippen molar-refractivity contribution < 1.29 is 9.18 Å². The van der Waals surface area contributed by atoms with Crippen molar-refractivity contribution in [1.29, 1.82) is 0 Å². The van der Waals surface area contributed by atoms with Crippen molar-refractivity contribution in [1.82, 2.24) is 10.2 Å². The third-order valence-electron chi connectivity index (χ3n) is 3.23. The topological polar surface area (TPSA) is 58.4 Å². The van der Waals surface area contributed by atoms with Crippen LogP contribution in [0.3, 0.4) is 0 Å². The van der Waals surface area contributed by atoms with Gasteiger partial charge in [0.1, 0.15) is 11.9 Å². The van der Waals surface area contributed by atoms with E-state index in [9.17, 15) is 9.18 Å². The summed E-state index contributed by atoms with van der Waals surface area (Å²) in [5.74, 6) is -0.871. The zero-order valence-corrected chi connectivity index (χ0v) is 10.4. The first-order valence-corrected chi connectivity index (χ1v) is 6.09. The molecule has 1 aromatic carbocycles. The summed E-state index contributed by atoms with van der Waals surface area (Å²) in [6.45, 7) is 4.84. The molecule has 1 aliphatic rings. The van der Waals surface area contributed by atoms with Crippen LogP contribution >= 0.6 is 0 Å². The molecule has 3 N–H and O–H groups in total. The molecule has 98 valence electrons. The second-order valence-corrected chi connectivity index (χ2v) is 4.62. The first kappa shape index (κ1) is 13.0. The van der Waals surface area contributed by atoms with E-state index in [2.05, 4.69) is 5.32 Å². The van der Waals surface area contributed by atoms with E-state index in [1.165, 1.54) is 6.07 Å². The van der Waals surface area contributed by atoms with E-state index >= 15 is 0 Å². The van der Waals surface area contributed by atoms with E-state index in [0.717, 1.165) is 18.7 Å². The molecule has 1 atom stereocenters. The Bertz CT molecular complexity index is 444. The van der Waals surface area contributed by atoms with Gasteiger partial charge < -0.3 is 11.1 Å². The molecule has 1 heterocycles. The fourth-order valence-corrected chi connectivity index (χ4v) is 2.34. The average Bonchev–Trinajstić information content (AvgIpc) is 2.35. The zero-order valence-electron chi connectivity index (χ0n) is 10.4. The molecular formula is C13H18FN3O. The van der Waals surface area contributed by atoms with Gasteiger partial charge in [-0.2, -0.15) is 0 Å². The van der Waals surface area contributed by atoms with Gasteiger partial charge >= 0.3 is 0 Å². The largest absolute Gasteiger partial charge is 0.368 e. The smallest absolute Gasteiger partial charge is 0.239 e. The summed E-state index contributed by atoms with van der Waals surface area (Å²) in [5.41, 5.74) is 6.75. The lowest BCUT2D eigenvalue weighted by Gasteiger charge is -2.33. The van der Waals surface area contributed by atoms with Crippen LogP contribution in [0.25, 0.3) is 0 Å². The molecule has 1 amide bonds. The Hall–Kier alpha value is -1.46. The summed E-state index contributed by atoms with van der Waals surface area (Å²) in [4.78, 5) is 13.6. The number of halogens is 1. The minimum absolute atomic E-state index is 0.372. The maximum absolute atomic E-state index is 13.9. The molecule has 0 aliphatic carbocycles. The zero-order chi connectivity index (χ0) is 13.1. The van der Waals surface area contributed by atoms with Crippen molar-refractivity contribution in [3.8, 4) is 0 Å². The molecule has 1 aliphatic heterocycles. The molecule has 0 bridgehead atoms. The molecule has 4 nitrogen and oxygen atoms in total. The highest BCUT2D eigenvalue weighted by atomic mass is 19.1.